The van der Waals surface area contributed by atoms with Crippen molar-refractivity contribution in [1.29, 1.82) is 0 Å². The minimum Gasteiger partial charge on any atom is -0.325 e. The predicted molar refractivity (Wildman–Crippen MR) is 143 cm³/mol. The van der Waals surface area contributed by atoms with Gasteiger partial charge in [0.25, 0.3) is 0 Å². The molecule has 53 heavy (non-hydrogen) atoms. The number of benzene rings is 5. The van der Waals surface area contributed by atoms with Crippen LogP contribution in [0.15, 0.2) is 24.3 Å². The Morgan fingerprint density at radius 2 is 0.472 bits per heavy atom. The predicted octanol–water partition coefficient (Wildman–Crippen LogP) is 6.71. The van der Waals surface area contributed by atoms with Crippen molar-refractivity contribution in [3.63, 3.8) is 0 Å². The molecule has 0 saturated carbocycles. The second kappa shape index (κ2) is 14.3. The minimum absolute atomic E-state index is 1.12. The standard InChI is InChI=1S/C24BF20.C7H9N/c26-5-1(6(27)14(35)21(42)13(5)34)25(2-7(28)15(36)22(43)16(37)8(2)29,3-9(30)17(38)23(44)18(39)10(3)31)4-11(32)19(40)24(45)20(41)12(4)33;1-6-4-2-3-5-7(6)8/h;2-5H,8H2,1H3/q-1;/p+1. The van der Waals surface area contributed by atoms with Crippen LogP contribution in [0.3, 0.4) is 0 Å². The van der Waals surface area contributed by atoms with Crippen LogP contribution in [0.25, 0.3) is 0 Å². The molecule has 0 radical (unpaired) electrons. The molecule has 0 bridgehead atoms. The summed E-state index contributed by atoms with van der Waals surface area (Å²) < 4.78 is 294. The maximum Gasteiger partial charge on any atom is 0.200 e. The van der Waals surface area contributed by atoms with Gasteiger partial charge in [-0.3, -0.25) is 0 Å². The minimum atomic E-state index is -7.22. The molecular weight excluding hydrogens is 777 g/mol. The van der Waals surface area contributed by atoms with Gasteiger partial charge in [0.1, 0.15) is 58.4 Å². The largest absolute Gasteiger partial charge is 0.325 e. The van der Waals surface area contributed by atoms with Crippen molar-refractivity contribution in [2.45, 2.75) is 6.92 Å². The fraction of sp³-hybridized carbons (Fsp3) is 0.0323. The molecule has 5 aromatic carbocycles. The number of halogens is 20. The Kier molecular flexibility index (Phi) is 10.9. The molecule has 0 heterocycles. The van der Waals surface area contributed by atoms with Crippen LogP contribution in [0.2, 0.25) is 0 Å². The molecule has 0 aliphatic carbocycles. The molecule has 22 heteroatoms. The second-order valence-corrected chi connectivity index (χ2v) is 10.7. The summed E-state index contributed by atoms with van der Waals surface area (Å²) in [6.45, 7) is 2.06. The Morgan fingerprint density at radius 3 is 0.623 bits per heavy atom. The van der Waals surface area contributed by atoms with Crippen LogP contribution in [-0.4, -0.2) is 6.15 Å². The van der Waals surface area contributed by atoms with Crippen molar-refractivity contribution in [3.05, 3.63) is 146 Å². The van der Waals surface area contributed by atoms with Crippen molar-refractivity contribution >= 4 is 33.7 Å². The molecule has 282 valence electrons. The van der Waals surface area contributed by atoms with Gasteiger partial charge in [-0.2, -0.15) is 0 Å². The van der Waals surface area contributed by atoms with Gasteiger partial charge in [-0.15, -0.1) is 21.9 Å². The van der Waals surface area contributed by atoms with Gasteiger partial charge >= 0.3 is 0 Å². The zero-order chi connectivity index (χ0) is 40.3. The average Bonchev–Trinajstić information content (AvgIpc) is 3.13. The van der Waals surface area contributed by atoms with E-state index in [0.29, 0.717) is 0 Å². The second-order valence-electron chi connectivity index (χ2n) is 10.7. The summed E-state index contributed by atoms with van der Waals surface area (Å²) in [5.41, 5.74) is -8.13. The van der Waals surface area contributed by atoms with E-state index in [4.69, 9.17) is 0 Å². The van der Waals surface area contributed by atoms with Crippen molar-refractivity contribution in [3.8, 4) is 0 Å². The van der Waals surface area contributed by atoms with E-state index >= 15 is 35.1 Å². The third-order valence-electron chi connectivity index (χ3n) is 7.97. The monoisotopic (exact) mass is 787 g/mol. The molecule has 0 fully saturated rings. The number of rotatable bonds is 4. The molecule has 5 rings (SSSR count). The van der Waals surface area contributed by atoms with Crippen LogP contribution in [0.5, 0.6) is 0 Å². The van der Waals surface area contributed by atoms with Crippen LogP contribution in [0.4, 0.5) is 93.5 Å². The molecule has 0 unspecified atom stereocenters. The third kappa shape index (κ3) is 5.91. The first-order valence-corrected chi connectivity index (χ1v) is 13.6. The van der Waals surface area contributed by atoms with E-state index in [1.165, 1.54) is 5.56 Å². The van der Waals surface area contributed by atoms with E-state index in [0.717, 1.165) is 5.69 Å². The maximum absolute atomic E-state index is 15.4. The van der Waals surface area contributed by atoms with Crippen LogP contribution in [-0.2, 0) is 0 Å². The number of hydrogen-bond acceptors (Lipinski definition) is 0. The van der Waals surface area contributed by atoms with E-state index in [1.54, 1.807) is 0 Å². The number of quaternary nitrogens is 1. The lowest BCUT2D eigenvalue weighted by molar-refractivity contribution is -0.255. The zero-order valence-corrected chi connectivity index (χ0v) is 25.2. The highest BCUT2D eigenvalue weighted by atomic mass is 19.2. The molecule has 1 nitrogen and oxygen atoms in total. The molecular formula is C31H10BF20N. The highest BCUT2D eigenvalue weighted by Crippen LogP contribution is 2.30. The molecule has 3 N–H and O–H groups in total. The number of hydrogen-bond donors (Lipinski definition) is 1. The summed E-state index contributed by atoms with van der Waals surface area (Å²) in [6.07, 6.45) is -7.22. The fourth-order valence-corrected chi connectivity index (χ4v) is 5.48. The van der Waals surface area contributed by atoms with E-state index in [-0.39, 0.29) is 0 Å². The van der Waals surface area contributed by atoms with Crippen LogP contribution >= 0.6 is 0 Å². The summed E-state index contributed by atoms with van der Waals surface area (Å²) in [5, 5.41) is 0. The normalized spacial score (nSPS) is 11.6. The Bertz CT molecular complexity index is 1920. The Morgan fingerprint density at radius 1 is 0.302 bits per heavy atom. The quantitative estimate of drug-likeness (QED) is 0.0909. The lowest BCUT2D eigenvalue weighted by Gasteiger charge is -2.44. The smallest absolute Gasteiger partial charge is 0.200 e. The summed E-state index contributed by atoms with van der Waals surface area (Å²) in [4.78, 5) is 0. The summed E-state index contributed by atoms with van der Waals surface area (Å²) in [7, 11) is 0. The molecule has 5 aromatic rings. The summed E-state index contributed by atoms with van der Waals surface area (Å²) in [5.74, 6) is -71.4. The van der Waals surface area contributed by atoms with E-state index in [2.05, 4.69) is 18.7 Å². The average molecular weight is 787 g/mol. The molecule has 0 spiro atoms. The summed E-state index contributed by atoms with van der Waals surface area (Å²) >= 11 is 0. The molecule has 0 aliphatic heterocycles. The van der Waals surface area contributed by atoms with Crippen molar-refractivity contribution in [2.24, 2.45) is 0 Å². The van der Waals surface area contributed by atoms with Gasteiger partial charge in [0.05, 0.1) is 0 Å². The lowest BCUT2D eigenvalue weighted by Crippen LogP contribution is -2.81. The molecule has 0 amide bonds. The van der Waals surface area contributed by atoms with E-state index in [9.17, 15) is 52.7 Å². The van der Waals surface area contributed by atoms with Crippen LogP contribution < -0.4 is 27.6 Å². The van der Waals surface area contributed by atoms with Gasteiger partial charge in [0, 0.05) is 5.56 Å². The Balaban J connectivity index is 0.000000692. The fourth-order valence-electron chi connectivity index (χ4n) is 5.48. The van der Waals surface area contributed by atoms with Crippen molar-refractivity contribution in [2.75, 3.05) is 0 Å². The molecule has 0 saturated heterocycles. The highest BCUT2D eigenvalue weighted by molar-refractivity contribution is 7.20. The van der Waals surface area contributed by atoms with Gasteiger partial charge in [-0.1, -0.05) is 18.2 Å². The van der Waals surface area contributed by atoms with Gasteiger partial charge in [0.2, 0.25) is 0 Å². The van der Waals surface area contributed by atoms with E-state index in [1.807, 2.05) is 18.2 Å². The van der Waals surface area contributed by atoms with Crippen molar-refractivity contribution in [1.82, 2.24) is 0 Å². The molecule has 0 atom stereocenters. The number of aryl methyl sites for hydroxylation is 1. The van der Waals surface area contributed by atoms with Crippen LogP contribution in [0, 0.1) is 123 Å². The first kappa shape index (κ1) is 40.5. The first-order chi connectivity index (χ1) is 24.5. The van der Waals surface area contributed by atoms with Crippen molar-refractivity contribution < 1.29 is 93.5 Å². The summed E-state index contributed by atoms with van der Waals surface area (Å²) in [6, 6.07) is 8.08. The maximum atomic E-state index is 15.4. The van der Waals surface area contributed by atoms with Gasteiger partial charge in [-0.25, -0.2) is 87.8 Å². The highest BCUT2D eigenvalue weighted by Gasteiger charge is 2.52. The first-order valence-electron chi connectivity index (χ1n) is 13.6. The van der Waals surface area contributed by atoms with Gasteiger partial charge in [0.15, 0.2) is 69.8 Å². The third-order valence-corrected chi connectivity index (χ3v) is 7.97. The molecule has 0 aromatic heterocycles. The Labute approximate surface area is 280 Å². The SMILES string of the molecule is Cc1ccccc1[NH3+].Fc1c(F)c(F)c([B-](c2c(F)c(F)c(F)c(F)c2F)(c2c(F)c(F)c(F)c(F)c2F)c2c(F)c(F)c(F)c(F)c2F)c(F)c1F. The molecule has 0 aliphatic rings. The van der Waals surface area contributed by atoms with Crippen LogP contribution in [0.1, 0.15) is 5.56 Å². The zero-order valence-electron chi connectivity index (χ0n) is 25.2. The van der Waals surface area contributed by atoms with E-state index < -0.39 is 144 Å². The van der Waals surface area contributed by atoms with Gasteiger partial charge in [-0.05, 0) is 13.0 Å². The Hall–Kier alpha value is -5.28. The lowest BCUT2D eigenvalue weighted by atomic mass is 9.12. The van der Waals surface area contributed by atoms with Gasteiger partial charge < -0.3 is 5.73 Å². The topological polar surface area (TPSA) is 27.6 Å².